The van der Waals surface area contributed by atoms with Gasteiger partial charge < -0.3 is 4.90 Å². The predicted molar refractivity (Wildman–Crippen MR) is 140 cm³/mol. The van der Waals surface area contributed by atoms with E-state index in [9.17, 15) is 8.42 Å². The molecule has 9 nitrogen and oxygen atoms in total. The number of sulfonamides is 1. The molecule has 4 aromatic rings. The maximum atomic E-state index is 13.4. The number of anilines is 1. The van der Waals surface area contributed by atoms with E-state index in [0.29, 0.717) is 37.6 Å². The van der Waals surface area contributed by atoms with Crippen LogP contribution in [-0.2, 0) is 22.9 Å². The van der Waals surface area contributed by atoms with Crippen molar-refractivity contribution in [1.29, 1.82) is 0 Å². The van der Waals surface area contributed by atoms with Crippen molar-refractivity contribution in [3.05, 3.63) is 34.5 Å². The second-order valence-corrected chi connectivity index (χ2v) is 13.9. The van der Waals surface area contributed by atoms with Crippen molar-refractivity contribution in [1.82, 2.24) is 24.6 Å². The number of benzene rings is 1. The smallest absolute Gasteiger partial charge is 0.245 e. The van der Waals surface area contributed by atoms with Gasteiger partial charge in [-0.1, -0.05) is 26.8 Å². The molecule has 3 aromatic heterocycles. The molecule has 0 spiro atoms. The Morgan fingerprint density at radius 1 is 1.08 bits per heavy atom. The molecule has 0 radical (unpaired) electrons. The molecule has 6 rings (SSSR count). The summed E-state index contributed by atoms with van der Waals surface area (Å²) >= 11 is 1.81. The number of hydrogen-bond acceptors (Lipinski definition) is 9. The summed E-state index contributed by atoms with van der Waals surface area (Å²) in [6, 6.07) is 4.92. The zero-order valence-electron chi connectivity index (χ0n) is 21.0. The van der Waals surface area contributed by atoms with E-state index in [4.69, 9.17) is 14.6 Å². The summed E-state index contributed by atoms with van der Waals surface area (Å²) in [6.45, 7) is 10.8. The highest BCUT2D eigenvalue weighted by atomic mass is 32.2. The van der Waals surface area contributed by atoms with Gasteiger partial charge in [-0.05, 0) is 65.5 Å². The quantitative estimate of drug-likeness (QED) is 0.391. The molecule has 0 N–H and O–H groups in total. The Bertz CT molecular complexity index is 1560. The molecule has 1 fully saturated rings. The standard InChI is InChI=1S/C25H30N6O3S2/c1-15-26-23(21-17-9-8-16(25(2,3)4)14-19(17)35-24(21)27-15)30-10-12-31(13-11-30)36(32,33)20-7-5-6-18-22(20)29-34-28-18/h5-7,16H,8-14H2,1-4H3. The Balaban J connectivity index is 1.29. The van der Waals surface area contributed by atoms with Crippen molar-refractivity contribution in [2.75, 3.05) is 31.1 Å². The predicted octanol–water partition coefficient (Wildman–Crippen LogP) is 4.20. The van der Waals surface area contributed by atoms with Gasteiger partial charge in [-0.2, -0.15) is 4.31 Å². The van der Waals surface area contributed by atoms with Gasteiger partial charge in [-0.3, -0.25) is 0 Å². The van der Waals surface area contributed by atoms with Gasteiger partial charge in [-0.25, -0.2) is 23.0 Å². The molecule has 0 amide bonds. The van der Waals surface area contributed by atoms with Crippen molar-refractivity contribution >= 4 is 48.4 Å². The van der Waals surface area contributed by atoms with Gasteiger partial charge in [0.2, 0.25) is 10.0 Å². The SMILES string of the molecule is Cc1nc(N2CCN(S(=O)(=O)c3cccc4nonc34)CC2)c2c3c(sc2n1)CC(C(C)(C)C)CC3. The van der Waals surface area contributed by atoms with Crippen LogP contribution in [0.3, 0.4) is 0 Å². The van der Waals surface area contributed by atoms with Crippen molar-refractivity contribution in [3.63, 3.8) is 0 Å². The molecule has 0 bridgehead atoms. The van der Waals surface area contributed by atoms with E-state index in [2.05, 4.69) is 36.0 Å². The molecule has 1 unspecified atom stereocenters. The van der Waals surface area contributed by atoms with Crippen LogP contribution in [-0.4, -0.2) is 59.2 Å². The van der Waals surface area contributed by atoms with E-state index in [-0.39, 0.29) is 15.8 Å². The fourth-order valence-electron chi connectivity index (χ4n) is 5.50. The van der Waals surface area contributed by atoms with Gasteiger partial charge in [0.1, 0.15) is 26.9 Å². The van der Waals surface area contributed by atoms with Gasteiger partial charge in [0, 0.05) is 31.1 Å². The van der Waals surface area contributed by atoms with Crippen LogP contribution in [0.4, 0.5) is 5.82 Å². The molecule has 1 atom stereocenters. The summed E-state index contributed by atoms with van der Waals surface area (Å²) in [4.78, 5) is 14.5. The van der Waals surface area contributed by atoms with Gasteiger partial charge in [0.05, 0.1) is 5.39 Å². The first-order valence-corrected chi connectivity index (χ1v) is 14.6. The molecule has 1 aromatic carbocycles. The molecule has 1 aliphatic carbocycles. The second kappa shape index (κ2) is 8.46. The Morgan fingerprint density at radius 2 is 1.86 bits per heavy atom. The molecule has 1 aliphatic heterocycles. The van der Waals surface area contributed by atoms with E-state index in [1.165, 1.54) is 26.6 Å². The van der Waals surface area contributed by atoms with E-state index in [1.807, 2.05) is 18.3 Å². The van der Waals surface area contributed by atoms with Crippen molar-refractivity contribution in [2.45, 2.75) is 51.9 Å². The molecule has 190 valence electrons. The lowest BCUT2D eigenvalue weighted by Crippen LogP contribution is -2.49. The van der Waals surface area contributed by atoms with Crippen LogP contribution in [0.2, 0.25) is 0 Å². The highest BCUT2D eigenvalue weighted by Gasteiger charge is 2.35. The van der Waals surface area contributed by atoms with E-state index < -0.39 is 10.0 Å². The van der Waals surface area contributed by atoms with Gasteiger partial charge in [0.25, 0.3) is 0 Å². The van der Waals surface area contributed by atoms with Gasteiger partial charge in [-0.15, -0.1) is 11.3 Å². The minimum absolute atomic E-state index is 0.135. The lowest BCUT2D eigenvalue weighted by molar-refractivity contribution is 0.218. The number of nitrogens with zero attached hydrogens (tertiary/aromatic N) is 6. The molecule has 1 saturated heterocycles. The maximum Gasteiger partial charge on any atom is 0.245 e. The number of piperazine rings is 1. The Morgan fingerprint density at radius 3 is 2.61 bits per heavy atom. The minimum Gasteiger partial charge on any atom is -0.353 e. The third-order valence-electron chi connectivity index (χ3n) is 7.63. The minimum atomic E-state index is -3.73. The van der Waals surface area contributed by atoms with Gasteiger partial charge >= 0.3 is 0 Å². The fraction of sp³-hybridized carbons (Fsp3) is 0.520. The number of thiophene rings is 1. The molecule has 2 aliphatic rings. The Labute approximate surface area is 214 Å². The van der Waals surface area contributed by atoms with E-state index in [1.54, 1.807) is 18.2 Å². The number of hydrogen-bond donors (Lipinski definition) is 0. The van der Waals surface area contributed by atoms with Crippen molar-refractivity contribution in [2.24, 2.45) is 11.3 Å². The third kappa shape index (κ3) is 3.88. The largest absolute Gasteiger partial charge is 0.353 e. The zero-order valence-corrected chi connectivity index (χ0v) is 22.6. The van der Waals surface area contributed by atoms with E-state index >= 15 is 0 Å². The summed E-state index contributed by atoms with van der Waals surface area (Å²) in [5.74, 6) is 2.36. The van der Waals surface area contributed by atoms with Crippen LogP contribution < -0.4 is 4.90 Å². The molecular weight excluding hydrogens is 496 g/mol. The van der Waals surface area contributed by atoms with E-state index in [0.717, 1.165) is 29.3 Å². The highest BCUT2D eigenvalue weighted by molar-refractivity contribution is 7.89. The van der Waals surface area contributed by atoms with Crippen molar-refractivity contribution in [3.8, 4) is 0 Å². The van der Waals surface area contributed by atoms with Crippen LogP contribution in [0.5, 0.6) is 0 Å². The first-order chi connectivity index (χ1) is 17.1. The Kier molecular flexibility index (Phi) is 5.58. The summed E-state index contributed by atoms with van der Waals surface area (Å²) < 4.78 is 33.2. The lowest BCUT2D eigenvalue weighted by Gasteiger charge is -2.36. The monoisotopic (exact) mass is 526 g/mol. The molecular formula is C25H30N6O3S2. The normalized spacial score (nSPS) is 19.8. The number of aryl methyl sites for hydroxylation is 2. The number of fused-ring (bicyclic) bond motifs is 4. The first-order valence-electron chi connectivity index (χ1n) is 12.4. The molecule has 11 heteroatoms. The average Bonchev–Trinajstić information content (AvgIpc) is 3.46. The maximum absolute atomic E-state index is 13.4. The summed E-state index contributed by atoms with van der Waals surface area (Å²) in [5.41, 5.74) is 2.38. The van der Waals surface area contributed by atoms with Crippen LogP contribution in [0.1, 0.15) is 43.5 Å². The zero-order chi connectivity index (χ0) is 25.2. The third-order valence-corrected chi connectivity index (χ3v) is 10.7. The van der Waals surface area contributed by atoms with Gasteiger partial charge in [0.15, 0.2) is 5.52 Å². The summed E-state index contributed by atoms with van der Waals surface area (Å²) in [7, 11) is -3.73. The first kappa shape index (κ1) is 23.7. The summed E-state index contributed by atoms with van der Waals surface area (Å²) in [6.07, 6.45) is 3.30. The molecule has 36 heavy (non-hydrogen) atoms. The topological polar surface area (TPSA) is 105 Å². The van der Waals surface area contributed by atoms with Crippen LogP contribution in [0.25, 0.3) is 21.3 Å². The van der Waals surface area contributed by atoms with Crippen LogP contribution in [0, 0.1) is 18.3 Å². The van der Waals surface area contributed by atoms with Crippen LogP contribution in [0.15, 0.2) is 27.7 Å². The molecule has 4 heterocycles. The van der Waals surface area contributed by atoms with Crippen LogP contribution >= 0.6 is 11.3 Å². The number of rotatable bonds is 3. The van der Waals surface area contributed by atoms with Crippen molar-refractivity contribution < 1.29 is 13.0 Å². The second-order valence-electron chi connectivity index (χ2n) is 10.9. The average molecular weight is 527 g/mol. The fourth-order valence-corrected chi connectivity index (χ4v) is 8.40. The number of aromatic nitrogens is 4. The highest BCUT2D eigenvalue weighted by Crippen LogP contribution is 2.45. The molecule has 0 saturated carbocycles. The summed E-state index contributed by atoms with van der Waals surface area (Å²) in [5, 5.41) is 8.78. The lowest BCUT2D eigenvalue weighted by atomic mass is 9.72. The Hall–Kier alpha value is -2.63.